The van der Waals surface area contributed by atoms with E-state index < -0.39 is 5.82 Å². The lowest BCUT2D eigenvalue weighted by atomic mass is 9.92. The van der Waals surface area contributed by atoms with E-state index in [1.54, 1.807) is 6.07 Å². The second-order valence-electron chi connectivity index (χ2n) is 5.39. The molecular formula is C15H19FN2O2. The molecule has 108 valence electrons. The maximum absolute atomic E-state index is 13.1. The number of nitrogens with two attached hydrogens (primary N) is 1. The Morgan fingerprint density at radius 3 is 2.80 bits per heavy atom. The van der Waals surface area contributed by atoms with E-state index in [-0.39, 0.29) is 30.2 Å². The van der Waals surface area contributed by atoms with Crippen molar-refractivity contribution in [3.8, 4) is 0 Å². The van der Waals surface area contributed by atoms with E-state index >= 15 is 0 Å². The van der Waals surface area contributed by atoms with Crippen LogP contribution in [0.4, 0.5) is 4.39 Å². The van der Waals surface area contributed by atoms with Crippen molar-refractivity contribution >= 4 is 11.7 Å². The first-order valence-electron chi connectivity index (χ1n) is 6.79. The lowest BCUT2D eigenvalue weighted by Crippen LogP contribution is -2.47. The van der Waals surface area contributed by atoms with Crippen molar-refractivity contribution in [3.63, 3.8) is 0 Å². The monoisotopic (exact) mass is 278 g/mol. The van der Waals surface area contributed by atoms with Crippen LogP contribution >= 0.6 is 0 Å². The summed E-state index contributed by atoms with van der Waals surface area (Å²) in [4.78, 5) is 25.4. The number of halogens is 1. The number of benzene rings is 1. The molecule has 1 heterocycles. The van der Waals surface area contributed by atoms with Crippen LogP contribution in [0.1, 0.15) is 30.1 Å². The number of ketones is 1. The molecule has 2 atom stereocenters. The molecule has 1 aliphatic heterocycles. The molecule has 5 heteroatoms. The summed E-state index contributed by atoms with van der Waals surface area (Å²) in [6.45, 7) is 2.71. The lowest BCUT2D eigenvalue weighted by molar-refractivity contribution is -0.123. The molecule has 1 fully saturated rings. The van der Waals surface area contributed by atoms with Crippen LogP contribution in [-0.4, -0.2) is 35.7 Å². The third-order valence-corrected chi connectivity index (χ3v) is 3.91. The molecule has 0 bridgehead atoms. The Kier molecular flexibility index (Phi) is 4.49. The number of carbonyl (C=O) groups excluding carboxylic acids is 2. The van der Waals surface area contributed by atoms with E-state index in [4.69, 9.17) is 5.73 Å². The highest BCUT2D eigenvalue weighted by molar-refractivity contribution is 5.97. The smallest absolute Gasteiger partial charge is 0.221 e. The number of nitrogens with zero attached hydrogens (tertiary/aromatic N) is 1. The third kappa shape index (κ3) is 3.42. The third-order valence-electron chi connectivity index (χ3n) is 3.91. The Morgan fingerprint density at radius 2 is 2.15 bits per heavy atom. The Bertz CT molecular complexity index is 518. The molecule has 0 saturated carbocycles. The summed E-state index contributed by atoms with van der Waals surface area (Å²) in [7, 11) is 0. The Hall–Kier alpha value is -1.75. The maximum Gasteiger partial charge on any atom is 0.221 e. The van der Waals surface area contributed by atoms with Gasteiger partial charge in [0, 0.05) is 18.2 Å². The van der Waals surface area contributed by atoms with Crippen LogP contribution in [0.2, 0.25) is 0 Å². The minimum Gasteiger partial charge on any atom is -0.369 e. The van der Waals surface area contributed by atoms with Crippen molar-refractivity contribution < 1.29 is 14.0 Å². The topological polar surface area (TPSA) is 63.4 Å². The van der Waals surface area contributed by atoms with Gasteiger partial charge in [-0.25, -0.2) is 4.39 Å². The van der Waals surface area contributed by atoms with Crippen molar-refractivity contribution in [1.82, 2.24) is 4.90 Å². The average molecular weight is 278 g/mol. The Balaban J connectivity index is 2.04. The Morgan fingerprint density at radius 1 is 1.40 bits per heavy atom. The summed E-state index contributed by atoms with van der Waals surface area (Å²) in [5.41, 5.74) is 5.70. The van der Waals surface area contributed by atoms with Gasteiger partial charge in [-0.15, -0.1) is 0 Å². The van der Waals surface area contributed by atoms with E-state index in [0.717, 1.165) is 12.8 Å². The molecule has 1 saturated heterocycles. The fourth-order valence-electron chi connectivity index (χ4n) is 2.57. The number of carbonyl (C=O) groups is 2. The van der Waals surface area contributed by atoms with E-state index in [1.807, 2.05) is 11.8 Å². The van der Waals surface area contributed by atoms with Crippen molar-refractivity contribution in [2.45, 2.75) is 25.8 Å². The minimum atomic E-state index is -0.419. The van der Waals surface area contributed by atoms with Gasteiger partial charge in [0.1, 0.15) is 5.82 Å². The van der Waals surface area contributed by atoms with Crippen molar-refractivity contribution in [3.05, 3.63) is 35.6 Å². The number of Topliss-reactive ketones (excluding diaryl/α,β-unsaturated/α-hetero) is 1. The summed E-state index contributed by atoms with van der Waals surface area (Å²) < 4.78 is 13.1. The fraction of sp³-hybridized carbons (Fsp3) is 0.467. The molecule has 0 aromatic heterocycles. The zero-order valence-electron chi connectivity index (χ0n) is 11.5. The van der Waals surface area contributed by atoms with E-state index in [0.29, 0.717) is 12.1 Å². The van der Waals surface area contributed by atoms with Crippen LogP contribution in [0.25, 0.3) is 0 Å². The van der Waals surface area contributed by atoms with E-state index in [1.165, 1.54) is 18.2 Å². The molecule has 1 aromatic carbocycles. The molecule has 2 unspecified atom stereocenters. The second-order valence-corrected chi connectivity index (χ2v) is 5.39. The van der Waals surface area contributed by atoms with Crippen molar-refractivity contribution in [1.29, 1.82) is 0 Å². The predicted molar refractivity (Wildman–Crippen MR) is 73.7 cm³/mol. The Labute approximate surface area is 117 Å². The van der Waals surface area contributed by atoms with Gasteiger partial charge in [-0.1, -0.05) is 12.1 Å². The highest BCUT2D eigenvalue weighted by Gasteiger charge is 2.29. The number of hydrogen-bond donors (Lipinski definition) is 1. The first-order valence-corrected chi connectivity index (χ1v) is 6.79. The van der Waals surface area contributed by atoms with E-state index in [2.05, 4.69) is 0 Å². The van der Waals surface area contributed by atoms with Crippen LogP contribution in [-0.2, 0) is 4.79 Å². The van der Waals surface area contributed by atoms with Crippen LogP contribution in [0.15, 0.2) is 24.3 Å². The van der Waals surface area contributed by atoms with Crippen LogP contribution in [0, 0.1) is 11.7 Å². The molecule has 0 radical (unpaired) electrons. The van der Waals surface area contributed by atoms with Crippen molar-refractivity contribution in [2.75, 3.05) is 13.1 Å². The SMILES string of the molecule is CC1CCC(C(N)=O)CN1CC(=O)c1cccc(F)c1. The zero-order valence-corrected chi connectivity index (χ0v) is 11.5. The largest absolute Gasteiger partial charge is 0.369 e. The van der Waals surface area contributed by atoms with Gasteiger partial charge >= 0.3 is 0 Å². The lowest BCUT2D eigenvalue weighted by Gasteiger charge is -2.36. The number of piperidine rings is 1. The first kappa shape index (κ1) is 14.7. The maximum atomic E-state index is 13.1. The van der Waals surface area contributed by atoms with E-state index in [9.17, 15) is 14.0 Å². The normalized spacial score (nSPS) is 23.5. The quantitative estimate of drug-likeness (QED) is 0.851. The van der Waals surface area contributed by atoms with Gasteiger partial charge in [-0.05, 0) is 31.9 Å². The first-order chi connectivity index (χ1) is 9.47. The fourth-order valence-corrected chi connectivity index (χ4v) is 2.57. The number of amides is 1. The van der Waals surface area contributed by atoms with Crippen LogP contribution in [0.3, 0.4) is 0 Å². The van der Waals surface area contributed by atoms with Crippen LogP contribution in [0.5, 0.6) is 0 Å². The minimum absolute atomic E-state index is 0.138. The van der Waals surface area contributed by atoms with Crippen molar-refractivity contribution in [2.24, 2.45) is 11.7 Å². The summed E-state index contributed by atoms with van der Waals surface area (Å²) in [5, 5.41) is 0. The highest BCUT2D eigenvalue weighted by Crippen LogP contribution is 2.22. The average Bonchev–Trinajstić information content (AvgIpc) is 2.41. The van der Waals surface area contributed by atoms with Gasteiger partial charge < -0.3 is 5.73 Å². The number of primary amides is 1. The standard InChI is InChI=1S/C15H19FN2O2/c1-10-5-6-12(15(17)20)8-18(10)9-14(19)11-3-2-4-13(16)7-11/h2-4,7,10,12H,5-6,8-9H2,1H3,(H2,17,20). The number of rotatable bonds is 4. The molecule has 1 amide bonds. The summed E-state index contributed by atoms with van der Waals surface area (Å²) >= 11 is 0. The molecule has 2 N–H and O–H groups in total. The van der Waals surface area contributed by atoms with Gasteiger partial charge in [-0.2, -0.15) is 0 Å². The molecule has 1 aromatic rings. The van der Waals surface area contributed by atoms with Gasteiger partial charge in [0.05, 0.1) is 12.5 Å². The van der Waals surface area contributed by atoms with Gasteiger partial charge in [0.2, 0.25) is 5.91 Å². The molecular weight excluding hydrogens is 259 g/mol. The summed E-state index contributed by atoms with van der Waals surface area (Å²) in [6.07, 6.45) is 1.60. The number of hydrogen-bond acceptors (Lipinski definition) is 3. The van der Waals surface area contributed by atoms with Gasteiger partial charge in [0.25, 0.3) is 0 Å². The molecule has 4 nitrogen and oxygen atoms in total. The summed E-state index contributed by atoms with van der Waals surface area (Å²) in [5.74, 6) is -1.08. The highest BCUT2D eigenvalue weighted by atomic mass is 19.1. The molecule has 0 aliphatic carbocycles. The zero-order chi connectivity index (χ0) is 14.7. The van der Waals surface area contributed by atoms with Crippen LogP contribution < -0.4 is 5.73 Å². The molecule has 20 heavy (non-hydrogen) atoms. The van der Waals surface area contributed by atoms with Gasteiger partial charge in [0.15, 0.2) is 5.78 Å². The molecule has 2 rings (SSSR count). The van der Waals surface area contributed by atoms with Gasteiger partial charge in [-0.3, -0.25) is 14.5 Å². The summed E-state index contributed by atoms with van der Waals surface area (Å²) in [6, 6.07) is 5.90. The number of likely N-dealkylation sites (tertiary alicyclic amines) is 1. The molecule has 0 spiro atoms. The predicted octanol–water partition coefficient (Wildman–Crippen LogP) is 1.59. The second kappa shape index (κ2) is 6.13. The molecule has 1 aliphatic rings.